The molecule has 0 unspecified atom stereocenters. The maximum absolute atomic E-state index is 12.2. The van der Waals surface area contributed by atoms with Gasteiger partial charge in [0.2, 0.25) is 0 Å². The molecule has 28 heavy (non-hydrogen) atoms. The fourth-order valence-electron chi connectivity index (χ4n) is 2.87. The number of benzene rings is 2. The first-order chi connectivity index (χ1) is 13.8. The average Bonchev–Trinajstić information content (AvgIpc) is 2.75. The summed E-state index contributed by atoms with van der Waals surface area (Å²) in [5, 5.41) is 14.7. The topological polar surface area (TPSA) is 66.9 Å². The maximum atomic E-state index is 12.2. The fraction of sp³-hybridized carbons (Fsp3) is 0.261. The minimum absolute atomic E-state index is 0.0324. The molecule has 0 spiro atoms. The summed E-state index contributed by atoms with van der Waals surface area (Å²) in [7, 11) is 0. The number of anilines is 2. The van der Waals surface area contributed by atoms with Crippen LogP contribution < -0.4 is 10.6 Å². The lowest BCUT2D eigenvalue weighted by atomic mass is 10.1. The van der Waals surface area contributed by atoms with Crippen molar-refractivity contribution in [1.29, 1.82) is 0 Å². The molecule has 144 valence electrons. The Bertz CT molecular complexity index is 861. The van der Waals surface area contributed by atoms with Crippen LogP contribution in [0.5, 0.6) is 0 Å². The van der Waals surface area contributed by atoms with Gasteiger partial charge >= 0.3 is 0 Å². The van der Waals surface area contributed by atoms with E-state index < -0.39 is 0 Å². The lowest BCUT2D eigenvalue weighted by molar-refractivity contribution is 0.0953. The maximum Gasteiger partial charge on any atom is 0.251 e. The van der Waals surface area contributed by atoms with Crippen molar-refractivity contribution in [3.8, 4) is 11.3 Å². The number of nitrogens with zero attached hydrogens (tertiary/aromatic N) is 2. The van der Waals surface area contributed by atoms with Gasteiger partial charge in [-0.3, -0.25) is 4.79 Å². The molecular weight excluding hydrogens is 348 g/mol. The zero-order valence-corrected chi connectivity index (χ0v) is 16.2. The van der Waals surface area contributed by atoms with Crippen LogP contribution in [0.2, 0.25) is 0 Å². The van der Waals surface area contributed by atoms with Crippen molar-refractivity contribution >= 4 is 17.4 Å². The summed E-state index contributed by atoms with van der Waals surface area (Å²) in [5.74, 6) is 0.628. The summed E-state index contributed by atoms with van der Waals surface area (Å²) in [6.07, 6.45) is 4.59. The number of carbonyl (C=O) groups excluding carboxylic acids is 1. The van der Waals surface area contributed by atoms with Gasteiger partial charge in [0.25, 0.3) is 5.91 Å². The van der Waals surface area contributed by atoms with Crippen molar-refractivity contribution < 1.29 is 4.79 Å². The first-order valence-electron chi connectivity index (χ1n) is 9.80. The molecular formula is C23H26N4O. The monoisotopic (exact) mass is 374 g/mol. The Kier molecular flexibility index (Phi) is 7.13. The predicted octanol–water partition coefficient (Wildman–Crippen LogP) is 5.20. The molecule has 0 radical (unpaired) electrons. The molecule has 3 rings (SSSR count). The van der Waals surface area contributed by atoms with E-state index in [0.29, 0.717) is 11.4 Å². The third kappa shape index (κ3) is 5.64. The van der Waals surface area contributed by atoms with Gasteiger partial charge < -0.3 is 10.6 Å². The molecule has 5 heteroatoms. The van der Waals surface area contributed by atoms with E-state index in [1.54, 1.807) is 0 Å². The molecule has 0 bridgehead atoms. The Hall–Kier alpha value is -3.21. The van der Waals surface area contributed by atoms with Crippen LogP contribution in [-0.4, -0.2) is 22.6 Å². The SMILES string of the molecule is CCCCCCNC(=O)c1ccc(Nc2ccc(-c3ccccc3)nn2)cc1. The molecule has 0 saturated heterocycles. The number of rotatable bonds is 9. The Balaban J connectivity index is 1.53. The Morgan fingerprint density at radius 2 is 1.64 bits per heavy atom. The van der Waals surface area contributed by atoms with Crippen LogP contribution in [0.15, 0.2) is 66.7 Å². The largest absolute Gasteiger partial charge is 0.352 e. The highest BCUT2D eigenvalue weighted by Crippen LogP contribution is 2.19. The van der Waals surface area contributed by atoms with Crippen LogP contribution in [0.4, 0.5) is 11.5 Å². The first kappa shape index (κ1) is 19.5. The van der Waals surface area contributed by atoms with Crippen molar-refractivity contribution in [2.75, 3.05) is 11.9 Å². The molecule has 0 fully saturated rings. The smallest absolute Gasteiger partial charge is 0.251 e. The van der Waals surface area contributed by atoms with E-state index in [1.165, 1.54) is 12.8 Å². The summed E-state index contributed by atoms with van der Waals surface area (Å²) in [6.45, 7) is 2.90. The van der Waals surface area contributed by atoms with Gasteiger partial charge in [0, 0.05) is 23.4 Å². The van der Waals surface area contributed by atoms with Crippen LogP contribution in [-0.2, 0) is 0 Å². The first-order valence-corrected chi connectivity index (χ1v) is 9.80. The minimum Gasteiger partial charge on any atom is -0.352 e. The predicted molar refractivity (Wildman–Crippen MR) is 114 cm³/mol. The molecule has 1 heterocycles. The summed E-state index contributed by atoms with van der Waals surface area (Å²) in [5.41, 5.74) is 3.39. The van der Waals surface area contributed by atoms with E-state index in [2.05, 4.69) is 27.8 Å². The number of aromatic nitrogens is 2. The lowest BCUT2D eigenvalue weighted by Gasteiger charge is -2.08. The van der Waals surface area contributed by atoms with Crippen LogP contribution in [0.25, 0.3) is 11.3 Å². The zero-order valence-electron chi connectivity index (χ0n) is 16.2. The van der Waals surface area contributed by atoms with E-state index in [9.17, 15) is 4.79 Å². The molecule has 0 aliphatic rings. The third-order valence-corrected chi connectivity index (χ3v) is 4.47. The highest BCUT2D eigenvalue weighted by molar-refractivity contribution is 5.94. The van der Waals surface area contributed by atoms with Gasteiger partial charge in [-0.25, -0.2) is 0 Å². The number of hydrogen-bond acceptors (Lipinski definition) is 4. The van der Waals surface area contributed by atoms with E-state index in [-0.39, 0.29) is 5.91 Å². The Morgan fingerprint density at radius 3 is 2.32 bits per heavy atom. The van der Waals surface area contributed by atoms with Crippen molar-refractivity contribution in [1.82, 2.24) is 15.5 Å². The molecule has 0 aliphatic heterocycles. The van der Waals surface area contributed by atoms with Crippen molar-refractivity contribution in [3.05, 3.63) is 72.3 Å². The molecule has 0 atom stereocenters. The second-order valence-electron chi connectivity index (χ2n) is 6.69. The second kappa shape index (κ2) is 10.2. The van der Waals surface area contributed by atoms with Gasteiger partial charge in [-0.05, 0) is 42.8 Å². The van der Waals surface area contributed by atoms with Crippen molar-refractivity contribution in [2.45, 2.75) is 32.6 Å². The molecule has 5 nitrogen and oxygen atoms in total. The Labute approximate surface area is 166 Å². The molecule has 2 aromatic carbocycles. The van der Waals surface area contributed by atoms with Gasteiger partial charge in [-0.1, -0.05) is 56.5 Å². The highest BCUT2D eigenvalue weighted by Gasteiger charge is 2.05. The van der Waals surface area contributed by atoms with E-state index in [4.69, 9.17) is 0 Å². The van der Waals surface area contributed by atoms with E-state index in [1.807, 2.05) is 66.7 Å². The van der Waals surface area contributed by atoms with Gasteiger partial charge in [-0.15, -0.1) is 10.2 Å². The molecule has 1 aromatic heterocycles. The second-order valence-corrected chi connectivity index (χ2v) is 6.69. The number of hydrogen-bond donors (Lipinski definition) is 2. The van der Waals surface area contributed by atoms with E-state index in [0.717, 1.165) is 36.3 Å². The quantitative estimate of drug-likeness (QED) is 0.505. The standard InChI is InChI=1S/C23H26N4O/c1-2-3-4-8-17-24-23(28)19-11-13-20(14-12-19)25-22-16-15-21(26-27-22)18-9-6-5-7-10-18/h5-7,9-16H,2-4,8,17H2,1H3,(H,24,28)(H,25,27). The van der Waals surface area contributed by atoms with Gasteiger partial charge in [0.15, 0.2) is 5.82 Å². The summed E-state index contributed by atoms with van der Waals surface area (Å²) in [6, 6.07) is 21.1. The van der Waals surface area contributed by atoms with Crippen LogP contribution in [0.3, 0.4) is 0 Å². The highest BCUT2D eigenvalue weighted by atomic mass is 16.1. The van der Waals surface area contributed by atoms with E-state index >= 15 is 0 Å². The normalized spacial score (nSPS) is 10.5. The van der Waals surface area contributed by atoms with Gasteiger partial charge in [0.05, 0.1) is 5.69 Å². The van der Waals surface area contributed by atoms with Crippen LogP contribution in [0, 0.1) is 0 Å². The number of carbonyl (C=O) groups is 1. The van der Waals surface area contributed by atoms with Crippen LogP contribution >= 0.6 is 0 Å². The number of unbranched alkanes of at least 4 members (excludes halogenated alkanes) is 3. The minimum atomic E-state index is -0.0324. The van der Waals surface area contributed by atoms with Crippen molar-refractivity contribution in [2.24, 2.45) is 0 Å². The molecule has 1 amide bonds. The summed E-state index contributed by atoms with van der Waals surface area (Å²) < 4.78 is 0. The number of nitrogens with one attached hydrogen (secondary N) is 2. The van der Waals surface area contributed by atoms with Crippen molar-refractivity contribution in [3.63, 3.8) is 0 Å². The fourth-order valence-corrected chi connectivity index (χ4v) is 2.87. The number of amides is 1. The summed E-state index contributed by atoms with van der Waals surface area (Å²) in [4.78, 5) is 12.2. The Morgan fingerprint density at radius 1 is 0.857 bits per heavy atom. The van der Waals surface area contributed by atoms with Gasteiger partial charge in [-0.2, -0.15) is 0 Å². The zero-order chi connectivity index (χ0) is 19.6. The molecule has 2 N–H and O–H groups in total. The molecule has 0 saturated carbocycles. The molecule has 0 aliphatic carbocycles. The third-order valence-electron chi connectivity index (χ3n) is 4.47. The van der Waals surface area contributed by atoms with Crippen LogP contribution in [0.1, 0.15) is 43.0 Å². The average molecular weight is 374 g/mol. The van der Waals surface area contributed by atoms with Gasteiger partial charge in [0.1, 0.15) is 0 Å². The molecule has 3 aromatic rings. The lowest BCUT2D eigenvalue weighted by Crippen LogP contribution is -2.24. The summed E-state index contributed by atoms with van der Waals surface area (Å²) >= 11 is 0.